The summed E-state index contributed by atoms with van der Waals surface area (Å²) in [4.78, 5) is 13.8. The van der Waals surface area contributed by atoms with Gasteiger partial charge in [-0.05, 0) is 20.8 Å². The number of urea groups is 1. The molecular formula is C13H24N4O2. The van der Waals surface area contributed by atoms with Gasteiger partial charge in [0.25, 0.3) is 0 Å². The largest absolute Gasteiger partial charge is 0.380 e. The van der Waals surface area contributed by atoms with Gasteiger partial charge in [0.15, 0.2) is 0 Å². The lowest BCUT2D eigenvalue weighted by molar-refractivity contribution is 0.115. The predicted molar refractivity (Wildman–Crippen MR) is 73.9 cm³/mol. The Bertz CT molecular complexity index is 392. The maximum absolute atomic E-state index is 12.0. The number of hydrogen-bond acceptors (Lipinski definition) is 3. The van der Waals surface area contributed by atoms with Crippen LogP contribution in [0.5, 0.6) is 0 Å². The normalized spacial score (nSPS) is 12.2. The van der Waals surface area contributed by atoms with Crippen molar-refractivity contribution in [1.29, 1.82) is 0 Å². The monoisotopic (exact) mass is 268 g/mol. The quantitative estimate of drug-likeness (QED) is 0.814. The highest BCUT2D eigenvalue weighted by Gasteiger charge is 2.13. The van der Waals surface area contributed by atoms with Crippen molar-refractivity contribution in [2.45, 2.75) is 40.0 Å². The molecule has 0 aliphatic carbocycles. The Morgan fingerprint density at radius 2 is 2.32 bits per heavy atom. The van der Waals surface area contributed by atoms with Crippen molar-refractivity contribution in [1.82, 2.24) is 20.0 Å². The number of carbonyl (C=O) groups is 1. The average molecular weight is 268 g/mol. The Labute approximate surface area is 114 Å². The SMILES string of the molecule is CCN(Cc1cnn(CC)c1)C(=O)NCC(C)OC. The topological polar surface area (TPSA) is 59.4 Å². The second kappa shape index (κ2) is 7.78. The van der Waals surface area contributed by atoms with E-state index >= 15 is 0 Å². The second-order valence-corrected chi connectivity index (χ2v) is 4.45. The van der Waals surface area contributed by atoms with Crippen LogP contribution in [0.15, 0.2) is 12.4 Å². The molecule has 0 saturated heterocycles. The van der Waals surface area contributed by atoms with Crippen molar-refractivity contribution in [3.05, 3.63) is 18.0 Å². The van der Waals surface area contributed by atoms with E-state index in [1.807, 2.05) is 31.6 Å². The lowest BCUT2D eigenvalue weighted by atomic mass is 10.3. The first-order valence-electron chi connectivity index (χ1n) is 6.67. The third-order valence-electron chi connectivity index (χ3n) is 3.00. The predicted octanol–water partition coefficient (Wildman–Crippen LogP) is 1.47. The van der Waals surface area contributed by atoms with Crippen LogP contribution in [0.4, 0.5) is 4.79 Å². The number of aryl methyl sites for hydroxylation is 1. The van der Waals surface area contributed by atoms with Crippen molar-refractivity contribution in [3.63, 3.8) is 0 Å². The molecule has 0 aliphatic heterocycles. The molecular weight excluding hydrogens is 244 g/mol. The molecule has 19 heavy (non-hydrogen) atoms. The summed E-state index contributed by atoms with van der Waals surface area (Å²) in [7, 11) is 1.63. The molecule has 6 nitrogen and oxygen atoms in total. The van der Waals surface area contributed by atoms with Gasteiger partial charge >= 0.3 is 6.03 Å². The molecule has 1 heterocycles. The first-order valence-corrected chi connectivity index (χ1v) is 6.67. The van der Waals surface area contributed by atoms with Gasteiger partial charge in [0, 0.05) is 38.5 Å². The van der Waals surface area contributed by atoms with Crippen LogP contribution in [0.3, 0.4) is 0 Å². The third-order valence-corrected chi connectivity index (χ3v) is 3.00. The Morgan fingerprint density at radius 1 is 1.58 bits per heavy atom. The van der Waals surface area contributed by atoms with Gasteiger partial charge in [0.2, 0.25) is 0 Å². The molecule has 2 amide bonds. The van der Waals surface area contributed by atoms with Gasteiger partial charge in [0.05, 0.1) is 18.8 Å². The van der Waals surface area contributed by atoms with Crippen LogP contribution >= 0.6 is 0 Å². The minimum Gasteiger partial charge on any atom is -0.380 e. The molecule has 0 aliphatic rings. The van der Waals surface area contributed by atoms with E-state index in [2.05, 4.69) is 10.4 Å². The Morgan fingerprint density at radius 3 is 2.84 bits per heavy atom. The number of hydrogen-bond donors (Lipinski definition) is 1. The standard InChI is InChI=1S/C13H24N4O2/c1-5-16(13(18)14-7-11(3)19-4)9-12-8-15-17(6-2)10-12/h8,10-11H,5-7,9H2,1-4H3,(H,14,18). The Kier molecular flexibility index (Phi) is 6.35. The highest BCUT2D eigenvalue weighted by atomic mass is 16.5. The molecule has 6 heteroatoms. The molecule has 0 radical (unpaired) electrons. The van der Waals surface area contributed by atoms with Crippen LogP contribution in [-0.2, 0) is 17.8 Å². The maximum Gasteiger partial charge on any atom is 0.317 e. The minimum absolute atomic E-state index is 0.0190. The molecule has 0 bridgehead atoms. The number of nitrogens with zero attached hydrogens (tertiary/aromatic N) is 3. The van der Waals surface area contributed by atoms with Crippen LogP contribution in [0.1, 0.15) is 26.3 Å². The molecule has 1 rings (SSSR count). The molecule has 0 spiro atoms. The summed E-state index contributed by atoms with van der Waals surface area (Å²) in [6.45, 7) is 8.50. The lowest BCUT2D eigenvalue weighted by Crippen LogP contribution is -2.42. The van der Waals surface area contributed by atoms with Crippen LogP contribution < -0.4 is 5.32 Å². The number of rotatable bonds is 7. The van der Waals surface area contributed by atoms with Crippen molar-refractivity contribution in [2.75, 3.05) is 20.2 Å². The lowest BCUT2D eigenvalue weighted by Gasteiger charge is -2.21. The zero-order valence-corrected chi connectivity index (χ0v) is 12.2. The highest BCUT2D eigenvalue weighted by Crippen LogP contribution is 2.04. The fourth-order valence-electron chi connectivity index (χ4n) is 1.63. The van der Waals surface area contributed by atoms with Crippen molar-refractivity contribution in [2.24, 2.45) is 0 Å². The molecule has 1 aromatic rings. The van der Waals surface area contributed by atoms with Gasteiger partial charge in [0.1, 0.15) is 0 Å². The summed E-state index contributed by atoms with van der Waals surface area (Å²) in [5, 5.41) is 7.07. The molecule has 0 fully saturated rings. The molecule has 0 aromatic carbocycles. The summed E-state index contributed by atoms with van der Waals surface area (Å²) >= 11 is 0. The van der Waals surface area contributed by atoms with E-state index in [1.54, 1.807) is 18.2 Å². The van der Waals surface area contributed by atoms with Crippen molar-refractivity contribution >= 4 is 6.03 Å². The number of carbonyl (C=O) groups excluding carboxylic acids is 1. The number of amides is 2. The van der Waals surface area contributed by atoms with Crippen LogP contribution in [-0.4, -0.2) is 47.0 Å². The molecule has 108 valence electrons. The highest BCUT2D eigenvalue weighted by molar-refractivity contribution is 5.74. The van der Waals surface area contributed by atoms with Crippen LogP contribution in [0.2, 0.25) is 0 Å². The zero-order valence-electron chi connectivity index (χ0n) is 12.2. The van der Waals surface area contributed by atoms with E-state index in [9.17, 15) is 4.79 Å². The molecule has 0 saturated carbocycles. The second-order valence-electron chi connectivity index (χ2n) is 4.45. The van der Waals surface area contributed by atoms with Gasteiger partial charge in [-0.15, -0.1) is 0 Å². The molecule has 1 unspecified atom stereocenters. The smallest absolute Gasteiger partial charge is 0.317 e. The zero-order chi connectivity index (χ0) is 14.3. The van der Waals surface area contributed by atoms with Gasteiger partial charge < -0.3 is 15.0 Å². The fourth-order valence-corrected chi connectivity index (χ4v) is 1.63. The number of nitrogens with one attached hydrogen (secondary N) is 1. The molecule has 1 N–H and O–H groups in total. The number of aromatic nitrogens is 2. The maximum atomic E-state index is 12.0. The Hall–Kier alpha value is -1.56. The van der Waals surface area contributed by atoms with E-state index < -0.39 is 0 Å². The van der Waals surface area contributed by atoms with E-state index in [1.165, 1.54) is 0 Å². The number of methoxy groups -OCH3 is 1. The minimum atomic E-state index is -0.0735. The summed E-state index contributed by atoms with van der Waals surface area (Å²) in [6.07, 6.45) is 3.79. The average Bonchev–Trinajstić information content (AvgIpc) is 2.89. The van der Waals surface area contributed by atoms with Crippen LogP contribution in [0, 0.1) is 0 Å². The number of ether oxygens (including phenoxy) is 1. The fraction of sp³-hybridized carbons (Fsp3) is 0.692. The van der Waals surface area contributed by atoms with E-state index in [0.717, 1.165) is 12.1 Å². The first kappa shape index (κ1) is 15.5. The van der Waals surface area contributed by atoms with Gasteiger partial charge in [-0.25, -0.2) is 4.79 Å². The van der Waals surface area contributed by atoms with Gasteiger partial charge in [-0.2, -0.15) is 5.10 Å². The van der Waals surface area contributed by atoms with Gasteiger partial charge in [-0.1, -0.05) is 0 Å². The van der Waals surface area contributed by atoms with E-state index in [0.29, 0.717) is 19.6 Å². The summed E-state index contributed by atoms with van der Waals surface area (Å²) < 4.78 is 6.96. The van der Waals surface area contributed by atoms with Crippen LogP contribution in [0.25, 0.3) is 0 Å². The first-order chi connectivity index (χ1) is 9.10. The van der Waals surface area contributed by atoms with Crippen molar-refractivity contribution < 1.29 is 9.53 Å². The Balaban J connectivity index is 2.50. The summed E-state index contributed by atoms with van der Waals surface area (Å²) in [5.41, 5.74) is 1.04. The van der Waals surface area contributed by atoms with Gasteiger partial charge in [-0.3, -0.25) is 4.68 Å². The van der Waals surface area contributed by atoms with E-state index in [4.69, 9.17) is 4.74 Å². The third kappa shape index (κ3) is 4.90. The van der Waals surface area contributed by atoms with Crippen molar-refractivity contribution in [3.8, 4) is 0 Å². The summed E-state index contributed by atoms with van der Waals surface area (Å²) in [5.74, 6) is 0. The molecule has 1 atom stereocenters. The molecule has 1 aromatic heterocycles. The summed E-state index contributed by atoms with van der Waals surface area (Å²) in [6, 6.07) is -0.0735. The van der Waals surface area contributed by atoms with E-state index in [-0.39, 0.29) is 12.1 Å².